The summed E-state index contributed by atoms with van der Waals surface area (Å²) in [6, 6.07) is -0.236. The molecule has 1 aliphatic heterocycles. The van der Waals surface area contributed by atoms with Crippen molar-refractivity contribution in [2.45, 2.75) is 65.3 Å². The highest BCUT2D eigenvalue weighted by Gasteiger charge is 2.41. The molecule has 0 aliphatic carbocycles. The van der Waals surface area contributed by atoms with Crippen molar-refractivity contribution in [2.24, 2.45) is 5.41 Å². The van der Waals surface area contributed by atoms with Gasteiger partial charge in [-0.2, -0.15) is 0 Å². The van der Waals surface area contributed by atoms with Crippen LogP contribution in [0.15, 0.2) is 0 Å². The van der Waals surface area contributed by atoms with Crippen molar-refractivity contribution in [1.29, 1.82) is 0 Å². The molecule has 0 saturated carbocycles. The van der Waals surface area contributed by atoms with Crippen LogP contribution in [0.1, 0.15) is 59.8 Å². The summed E-state index contributed by atoms with van der Waals surface area (Å²) in [4.78, 5) is 25.6. The Morgan fingerprint density at radius 3 is 2.10 bits per heavy atom. The van der Waals surface area contributed by atoms with Crippen molar-refractivity contribution < 1.29 is 14.7 Å². The van der Waals surface area contributed by atoms with E-state index in [9.17, 15) is 14.7 Å². The molecule has 2 N–H and O–H groups in total. The number of carboxylic acid groups (broad SMARTS) is 1. The second-order valence-corrected chi connectivity index (χ2v) is 5.90. The van der Waals surface area contributed by atoms with Crippen LogP contribution in [0.5, 0.6) is 0 Å². The normalized spacial score (nSPS) is 18.1. The molecule has 0 aromatic heterocycles. The summed E-state index contributed by atoms with van der Waals surface area (Å²) in [7, 11) is 0. The van der Waals surface area contributed by atoms with Crippen molar-refractivity contribution in [3.05, 3.63) is 0 Å². The third-order valence-electron chi connectivity index (χ3n) is 5.19. The number of amides is 2. The lowest BCUT2D eigenvalue weighted by Gasteiger charge is -2.31. The summed E-state index contributed by atoms with van der Waals surface area (Å²) in [6.07, 6.45) is 3.90. The summed E-state index contributed by atoms with van der Waals surface area (Å²) >= 11 is 0. The van der Waals surface area contributed by atoms with E-state index in [1.807, 2.05) is 0 Å². The number of likely N-dealkylation sites (tertiary alicyclic amines) is 1. The SMILES string of the molecule is CCC1(CC)CCN(C(=O)NC(CC)(CC)C(=O)O)C1. The molecular formula is C15H28N2O3. The smallest absolute Gasteiger partial charge is 0.329 e. The Kier molecular flexibility index (Phi) is 5.42. The van der Waals surface area contributed by atoms with Gasteiger partial charge in [-0.05, 0) is 37.5 Å². The summed E-state index contributed by atoms with van der Waals surface area (Å²) in [5, 5.41) is 12.1. The van der Waals surface area contributed by atoms with Gasteiger partial charge in [-0.25, -0.2) is 9.59 Å². The molecule has 116 valence electrons. The lowest BCUT2D eigenvalue weighted by Crippen LogP contribution is -2.57. The molecule has 2 amide bonds. The number of hydrogen-bond acceptors (Lipinski definition) is 2. The predicted molar refractivity (Wildman–Crippen MR) is 78.7 cm³/mol. The van der Waals surface area contributed by atoms with Gasteiger partial charge in [0.2, 0.25) is 0 Å². The van der Waals surface area contributed by atoms with Gasteiger partial charge in [0, 0.05) is 13.1 Å². The van der Waals surface area contributed by atoms with Crippen molar-refractivity contribution in [1.82, 2.24) is 10.2 Å². The van der Waals surface area contributed by atoms with Crippen LogP contribution in [0.25, 0.3) is 0 Å². The van der Waals surface area contributed by atoms with Crippen LogP contribution in [0.4, 0.5) is 4.79 Å². The van der Waals surface area contributed by atoms with E-state index in [0.717, 1.165) is 32.4 Å². The van der Waals surface area contributed by atoms with E-state index in [4.69, 9.17) is 0 Å². The third-order valence-corrected chi connectivity index (χ3v) is 5.19. The third kappa shape index (κ3) is 3.07. The summed E-state index contributed by atoms with van der Waals surface area (Å²) < 4.78 is 0. The van der Waals surface area contributed by atoms with Gasteiger partial charge in [0.1, 0.15) is 5.54 Å². The molecule has 1 fully saturated rings. The molecule has 1 saturated heterocycles. The molecule has 5 nitrogen and oxygen atoms in total. The maximum absolute atomic E-state index is 12.4. The monoisotopic (exact) mass is 284 g/mol. The lowest BCUT2D eigenvalue weighted by molar-refractivity contribution is -0.144. The molecule has 1 heterocycles. The van der Waals surface area contributed by atoms with E-state index in [1.54, 1.807) is 18.7 Å². The molecule has 1 rings (SSSR count). The highest BCUT2D eigenvalue weighted by atomic mass is 16.4. The Morgan fingerprint density at radius 1 is 1.20 bits per heavy atom. The first-order valence-electron chi connectivity index (χ1n) is 7.69. The summed E-state index contributed by atoms with van der Waals surface area (Å²) in [5.41, 5.74) is -0.928. The Labute approximate surface area is 121 Å². The largest absolute Gasteiger partial charge is 0.480 e. The Morgan fingerprint density at radius 2 is 1.75 bits per heavy atom. The van der Waals surface area contributed by atoms with E-state index in [0.29, 0.717) is 12.8 Å². The number of carbonyl (C=O) groups excluding carboxylic acids is 1. The molecule has 0 aromatic carbocycles. The molecule has 0 radical (unpaired) electrons. The van der Waals surface area contributed by atoms with Crippen LogP contribution in [-0.2, 0) is 4.79 Å². The number of aliphatic carboxylic acids is 1. The lowest BCUT2D eigenvalue weighted by atomic mass is 9.82. The van der Waals surface area contributed by atoms with Gasteiger partial charge in [-0.1, -0.05) is 27.7 Å². The van der Waals surface area contributed by atoms with E-state index in [2.05, 4.69) is 19.2 Å². The molecule has 0 unspecified atom stereocenters. The van der Waals surface area contributed by atoms with Crippen molar-refractivity contribution in [3.63, 3.8) is 0 Å². The van der Waals surface area contributed by atoms with Gasteiger partial charge < -0.3 is 15.3 Å². The second-order valence-electron chi connectivity index (χ2n) is 5.90. The van der Waals surface area contributed by atoms with Crippen LogP contribution in [0, 0.1) is 5.41 Å². The van der Waals surface area contributed by atoms with Crippen LogP contribution in [-0.4, -0.2) is 40.6 Å². The predicted octanol–water partition coefficient (Wildman–Crippen LogP) is 2.85. The molecular weight excluding hydrogens is 256 g/mol. The first kappa shape index (κ1) is 16.8. The Bertz CT molecular complexity index is 360. The minimum Gasteiger partial charge on any atom is -0.480 e. The quantitative estimate of drug-likeness (QED) is 0.788. The Hall–Kier alpha value is -1.26. The van der Waals surface area contributed by atoms with Crippen LogP contribution in [0.3, 0.4) is 0 Å². The maximum Gasteiger partial charge on any atom is 0.329 e. The van der Waals surface area contributed by atoms with E-state index in [-0.39, 0.29) is 11.4 Å². The minimum atomic E-state index is -1.14. The number of urea groups is 1. The van der Waals surface area contributed by atoms with Crippen LogP contribution >= 0.6 is 0 Å². The highest BCUT2D eigenvalue weighted by Crippen LogP contribution is 2.37. The first-order valence-corrected chi connectivity index (χ1v) is 7.69. The van der Waals surface area contributed by atoms with Gasteiger partial charge in [-0.3, -0.25) is 0 Å². The van der Waals surface area contributed by atoms with Crippen molar-refractivity contribution >= 4 is 12.0 Å². The number of carbonyl (C=O) groups is 2. The van der Waals surface area contributed by atoms with Gasteiger partial charge in [0.25, 0.3) is 0 Å². The topological polar surface area (TPSA) is 69.6 Å². The van der Waals surface area contributed by atoms with Gasteiger partial charge in [-0.15, -0.1) is 0 Å². The van der Waals surface area contributed by atoms with E-state index >= 15 is 0 Å². The first-order chi connectivity index (χ1) is 9.38. The zero-order valence-electron chi connectivity index (χ0n) is 13.2. The second kappa shape index (κ2) is 6.46. The number of rotatable bonds is 6. The minimum absolute atomic E-state index is 0.210. The van der Waals surface area contributed by atoms with E-state index < -0.39 is 11.5 Å². The maximum atomic E-state index is 12.4. The molecule has 0 aromatic rings. The zero-order chi connectivity index (χ0) is 15.4. The average molecular weight is 284 g/mol. The molecule has 0 bridgehead atoms. The summed E-state index contributed by atoms with van der Waals surface area (Å²) in [6.45, 7) is 9.36. The van der Waals surface area contributed by atoms with Crippen molar-refractivity contribution in [2.75, 3.05) is 13.1 Å². The molecule has 20 heavy (non-hydrogen) atoms. The van der Waals surface area contributed by atoms with E-state index in [1.165, 1.54) is 0 Å². The highest BCUT2D eigenvalue weighted by molar-refractivity contribution is 5.86. The number of hydrogen-bond donors (Lipinski definition) is 2. The number of carboxylic acids is 1. The molecule has 5 heteroatoms. The number of nitrogens with zero attached hydrogens (tertiary/aromatic N) is 1. The molecule has 0 spiro atoms. The van der Waals surface area contributed by atoms with Gasteiger partial charge in [0.05, 0.1) is 0 Å². The standard InChI is InChI=1S/C15H28N2O3/c1-5-14(6-2)9-10-17(11-14)13(20)16-15(7-3,8-4)12(18)19/h5-11H2,1-4H3,(H,16,20)(H,18,19). The fourth-order valence-corrected chi connectivity index (χ4v) is 3.00. The number of nitrogens with one attached hydrogen (secondary N) is 1. The molecule has 1 aliphatic rings. The van der Waals surface area contributed by atoms with Crippen LogP contribution in [0.2, 0.25) is 0 Å². The molecule has 0 atom stereocenters. The fourth-order valence-electron chi connectivity index (χ4n) is 3.00. The fraction of sp³-hybridized carbons (Fsp3) is 0.867. The average Bonchev–Trinajstić information content (AvgIpc) is 2.89. The Balaban J connectivity index is 2.75. The van der Waals surface area contributed by atoms with Gasteiger partial charge in [0.15, 0.2) is 0 Å². The summed E-state index contributed by atoms with van der Waals surface area (Å²) in [5.74, 6) is -0.952. The zero-order valence-corrected chi connectivity index (χ0v) is 13.2. The van der Waals surface area contributed by atoms with Crippen molar-refractivity contribution in [3.8, 4) is 0 Å². The van der Waals surface area contributed by atoms with Crippen LogP contribution < -0.4 is 5.32 Å². The van der Waals surface area contributed by atoms with Gasteiger partial charge >= 0.3 is 12.0 Å².